The number of nitrogens with zero attached hydrogens (tertiary/aromatic N) is 1. The maximum absolute atomic E-state index is 11.6. The second-order valence-corrected chi connectivity index (χ2v) is 5.90. The molecule has 0 saturated heterocycles. The largest absolute Gasteiger partial charge is 0.480 e. The Balaban J connectivity index is 3.10. The Morgan fingerprint density at radius 2 is 1.85 bits per heavy atom. The van der Waals surface area contributed by atoms with E-state index in [1.54, 1.807) is 0 Å². The number of carboxylic acids is 1. The van der Waals surface area contributed by atoms with E-state index >= 15 is 0 Å². The monoisotopic (exact) mass is 207 g/mol. The van der Waals surface area contributed by atoms with Crippen LogP contribution in [0, 0.1) is 0 Å². The van der Waals surface area contributed by atoms with Crippen LogP contribution in [0.1, 0.15) is 19.3 Å². The van der Waals surface area contributed by atoms with Gasteiger partial charge in [0.2, 0.25) is 10.0 Å². The molecule has 13 heavy (non-hydrogen) atoms. The molecular formula is C7H13NO4S. The van der Waals surface area contributed by atoms with Crippen LogP contribution in [0.15, 0.2) is 0 Å². The molecule has 0 atom stereocenters. The van der Waals surface area contributed by atoms with Crippen LogP contribution < -0.4 is 0 Å². The molecule has 0 aromatic rings. The van der Waals surface area contributed by atoms with Crippen molar-refractivity contribution >= 4 is 16.0 Å². The van der Waals surface area contributed by atoms with E-state index in [9.17, 15) is 13.2 Å². The van der Waals surface area contributed by atoms with E-state index in [4.69, 9.17) is 5.11 Å². The third kappa shape index (κ3) is 1.24. The van der Waals surface area contributed by atoms with Gasteiger partial charge in [-0.15, -0.1) is 0 Å². The zero-order valence-electron chi connectivity index (χ0n) is 7.65. The molecule has 0 radical (unpaired) electrons. The second kappa shape index (κ2) is 2.95. The van der Waals surface area contributed by atoms with Gasteiger partial charge >= 0.3 is 5.97 Å². The molecule has 0 spiro atoms. The maximum atomic E-state index is 11.6. The summed E-state index contributed by atoms with van der Waals surface area (Å²) in [5.74, 6) is -1.23. The van der Waals surface area contributed by atoms with Crippen molar-refractivity contribution in [1.82, 2.24) is 4.31 Å². The summed E-state index contributed by atoms with van der Waals surface area (Å²) in [6.07, 6.45) is 1.12. The molecule has 1 fully saturated rings. The highest BCUT2D eigenvalue weighted by Crippen LogP contribution is 2.40. The summed E-state index contributed by atoms with van der Waals surface area (Å²) in [7, 11) is -0.948. The minimum atomic E-state index is -3.67. The molecule has 6 heteroatoms. The summed E-state index contributed by atoms with van der Waals surface area (Å²) in [5, 5.41) is 8.86. The first-order valence-electron chi connectivity index (χ1n) is 4.00. The Morgan fingerprint density at radius 3 is 1.92 bits per heavy atom. The van der Waals surface area contributed by atoms with Crippen LogP contribution in [-0.2, 0) is 14.8 Å². The van der Waals surface area contributed by atoms with Gasteiger partial charge in [0.1, 0.15) is 0 Å². The summed E-state index contributed by atoms with van der Waals surface area (Å²) in [4.78, 5) is 10.8. The summed E-state index contributed by atoms with van der Waals surface area (Å²) < 4.78 is 22.7. The molecule has 1 aliphatic carbocycles. The summed E-state index contributed by atoms with van der Waals surface area (Å²) in [6, 6.07) is 0. The molecule has 1 rings (SSSR count). The number of sulfonamides is 1. The lowest BCUT2D eigenvalue weighted by molar-refractivity contribution is -0.142. The van der Waals surface area contributed by atoms with Crippen LogP contribution in [0.3, 0.4) is 0 Å². The van der Waals surface area contributed by atoms with Gasteiger partial charge in [-0.25, -0.2) is 12.7 Å². The van der Waals surface area contributed by atoms with E-state index in [0.717, 1.165) is 4.31 Å². The molecular weight excluding hydrogens is 194 g/mol. The smallest absolute Gasteiger partial charge is 0.326 e. The van der Waals surface area contributed by atoms with Crippen molar-refractivity contribution in [3.63, 3.8) is 0 Å². The number of hydrogen-bond acceptors (Lipinski definition) is 3. The normalized spacial score (nSPS) is 21.2. The Hall–Kier alpha value is -0.620. The fraction of sp³-hybridized carbons (Fsp3) is 0.857. The zero-order chi connectivity index (χ0) is 10.3. The molecule has 1 saturated carbocycles. The average Bonchev–Trinajstić information content (AvgIpc) is 1.81. The Bertz CT molecular complexity index is 315. The molecule has 0 bridgehead atoms. The van der Waals surface area contributed by atoms with E-state index in [2.05, 4.69) is 0 Å². The van der Waals surface area contributed by atoms with Crippen LogP contribution in [0.2, 0.25) is 0 Å². The lowest BCUT2D eigenvalue weighted by atomic mass is 9.84. The topological polar surface area (TPSA) is 74.7 Å². The second-order valence-electron chi connectivity index (χ2n) is 3.44. The molecule has 0 heterocycles. The van der Waals surface area contributed by atoms with Crippen molar-refractivity contribution in [1.29, 1.82) is 0 Å². The van der Waals surface area contributed by atoms with Crippen molar-refractivity contribution in [2.24, 2.45) is 0 Å². The zero-order valence-corrected chi connectivity index (χ0v) is 8.47. The SMILES string of the molecule is CN(C)S(=O)(=O)C1(C(=O)O)CCC1. The number of rotatable bonds is 3. The molecule has 0 amide bonds. The van der Waals surface area contributed by atoms with Crippen molar-refractivity contribution in [2.75, 3.05) is 14.1 Å². The quantitative estimate of drug-likeness (QED) is 0.700. The Labute approximate surface area is 77.4 Å². The van der Waals surface area contributed by atoms with Gasteiger partial charge in [-0.3, -0.25) is 4.79 Å². The van der Waals surface area contributed by atoms with Gasteiger partial charge in [0, 0.05) is 14.1 Å². The van der Waals surface area contributed by atoms with Gasteiger partial charge in [-0.05, 0) is 19.3 Å². The number of carboxylic acid groups (broad SMARTS) is 1. The van der Waals surface area contributed by atoms with Crippen LogP contribution in [0.4, 0.5) is 0 Å². The Kier molecular flexibility index (Phi) is 2.38. The van der Waals surface area contributed by atoms with Crippen LogP contribution in [0.5, 0.6) is 0 Å². The minimum absolute atomic E-state index is 0.225. The number of hydrogen-bond donors (Lipinski definition) is 1. The fourth-order valence-electron chi connectivity index (χ4n) is 1.43. The molecule has 5 nitrogen and oxygen atoms in total. The third-order valence-electron chi connectivity index (χ3n) is 2.53. The van der Waals surface area contributed by atoms with Crippen molar-refractivity contribution < 1.29 is 18.3 Å². The number of aliphatic carboxylic acids is 1. The molecule has 76 valence electrons. The standard InChI is InChI=1S/C7H13NO4S/c1-8(2)13(11,12)7(6(9)10)4-3-5-7/h3-5H2,1-2H3,(H,9,10). The Morgan fingerprint density at radius 1 is 1.38 bits per heavy atom. The molecule has 0 unspecified atom stereocenters. The van der Waals surface area contributed by atoms with Crippen molar-refractivity contribution in [3.05, 3.63) is 0 Å². The highest BCUT2D eigenvalue weighted by Gasteiger charge is 2.56. The van der Waals surface area contributed by atoms with E-state index in [1.807, 2.05) is 0 Å². The van der Waals surface area contributed by atoms with Crippen LogP contribution in [-0.4, -0.2) is 42.6 Å². The third-order valence-corrected chi connectivity index (χ3v) is 5.06. The lowest BCUT2D eigenvalue weighted by Crippen LogP contribution is -2.56. The lowest BCUT2D eigenvalue weighted by Gasteiger charge is -2.38. The fourth-order valence-corrected chi connectivity index (χ4v) is 3.15. The number of carbonyl (C=O) groups is 1. The van der Waals surface area contributed by atoms with E-state index in [-0.39, 0.29) is 12.8 Å². The first-order valence-corrected chi connectivity index (χ1v) is 5.44. The van der Waals surface area contributed by atoms with Crippen molar-refractivity contribution in [3.8, 4) is 0 Å². The highest BCUT2D eigenvalue weighted by atomic mass is 32.2. The predicted octanol–water partition coefficient (Wildman–Crippen LogP) is -0.115. The average molecular weight is 207 g/mol. The first-order chi connectivity index (χ1) is 5.84. The molecule has 1 aliphatic rings. The highest BCUT2D eigenvalue weighted by molar-refractivity contribution is 7.91. The van der Waals surface area contributed by atoms with E-state index in [0.29, 0.717) is 6.42 Å². The first kappa shape index (κ1) is 10.5. The van der Waals surface area contributed by atoms with E-state index < -0.39 is 20.7 Å². The predicted molar refractivity (Wildman–Crippen MR) is 46.8 cm³/mol. The van der Waals surface area contributed by atoms with Crippen LogP contribution in [0.25, 0.3) is 0 Å². The maximum Gasteiger partial charge on any atom is 0.326 e. The minimum Gasteiger partial charge on any atom is -0.480 e. The molecule has 1 N–H and O–H groups in total. The van der Waals surface area contributed by atoms with Crippen molar-refractivity contribution in [2.45, 2.75) is 24.0 Å². The van der Waals surface area contributed by atoms with Gasteiger partial charge < -0.3 is 5.11 Å². The molecule has 0 aromatic heterocycles. The van der Waals surface area contributed by atoms with Gasteiger partial charge in [0.15, 0.2) is 4.75 Å². The van der Waals surface area contributed by atoms with Crippen LogP contribution >= 0.6 is 0 Å². The molecule has 0 aromatic carbocycles. The summed E-state index contributed by atoms with van der Waals surface area (Å²) >= 11 is 0. The van der Waals surface area contributed by atoms with Gasteiger partial charge in [0.25, 0.3) is 0 Å². The summed E-state index contributed by atoms with van der Waals surface area (Å²) in [6.45, 7) is 0. The summed E-state index contributed by atoms with van der Waals surface area (Å²) in [5.41, 5.74) is 0. The van der Waals surface area contributed by atoms with Gasteiger partial charge in [0.05, 0.1) is 0 Å². The van der Waals surface area contributed by atoms with E-state index in [1.165, 1.54) is 14.1 Å². The van der Waals surface area contributed by atoms with Gasteiger partial charge in [-0.1, -0.05) is 0 Å². The molecule has 0 aliphatic heterocycles. The van der Waals surface area contributed by atoms with Gasteiger partial charge in [-0.2, -0.15) is 0 Å².